The Bertz CT molecular complexity index is 652. The normalized spacial score (nSPS) is 30.2. The van der Waals surface area contributed by atoms with E-state index < -0.39 is 24.5 Å². The number of halogens is 2. The lowest BCUT2D eigenvalue weighted by atomic mass is 10.1. The maximum absolute atomic E-state index is 10.1. The minimum Gasteiger partial charge on any atom is -0.394 e. The fraction of sp³-hybridized carbons (Fsp3) is 0.455. The highest BCUT2D eigenvalue weighted by atomic mass is 127. The van der Waals surface area contributed by atoms with Gasteiger partial charge in [0, 0.05) is 9.77 Å². The largest absolute Gasteiger partial charge is 0.394 e. The first kappa shape index (κ1) is 14.4. The number of fused-ring (bicyclic) bond motifs is 1. The number of hydrogen-bond acceptors (Lipinski definition) is 6. The maximum Gasteiger partial charge on any atom is 0.164 e. The average molecular weight is 412 g/mol. The van der Waals surface area contributed by atoms with Crippen molar-refractivity contribution >= 4 is 45.2 Å². The lowest BCUT2D eigenvalue weighted by molar-refractivity contribution is -0.0509. The van der Waals surface area contributed by atoms with Crippen LogP contribution in [0.5, 0.6) is 0 Å². The molecule has 20 heavy (non-hydrogen) atoms. The lowest BCUT2D eigenvalue weighted by Crippen LogP contribution is -2.33. The Balaban J connectivity index is 2.10. The molecule has 2 aromatic rings. The Morgan fingerprint density at radius 3 is 2.75 bits per heavy atom. The summed E-state index contributed by atoms with van der Waals surface area (Å²) in [4.78, 5) is 8.06. The van der Waals surface area contributed by atoms with Gasteiger partial charge >= 0.3 is 0 Å². The van der Waals surface area contributed by atoms with Crippen LogP contribution in [0.2, 0.25) is 5.15 Å². The highest BCUT2D eigenvalue weighted by molar-refractivity contribution is 14.1. The third kappa shape index (κ3) is 2.11. The molecule has 9 heteroatoms. The number of ether oxygens (including phenoxy) is 1. The van der Waals surface area contributed by atoms with Crippen molar-refractivity contribution in [2.45, 2.75) is 24.5 Å². The van der Waals surface area contributed by atoms with E-state index in [1.54, 1.807) is 10.8 Å². The van der Waals surface area contributed by atoms with Crippen molar-refractivity contribution in [1.82, 2.24) is 14.5 Å². The molecule has 0 radical (unpaired) electrons. The van der Waals surface area contributed by atoms with Crippen molar-refractivity contribution in [3.63, 3.8) is 0 Å². The van der Waals surface area contributed by atoms with Gasteiger partial charge in [-0.1, -0.05) is 11.6 Å². The minimum absolute atomic E-state index is 0.310. The highest BCUT2D eigenvalue weighted by Crippen LogP contribution is 2.35. The number of aromatic nitrogens is 3. The van der Waals surface area contributed by atoms with Crippen LogP contribution < -0.4 is 0 Å². The number of aliphatic hydroxyl groups is 3. The summed E-state index contributed by atoms with van der Waals surface area (Å²) >= 11 is 8.12. The van der Waals surface area contributed by atoms with Crippen molar-refractivity contribution in [2.24, 2.45) is 0 Å². The number of aliphatic hydroxyl groups excluding tert-OH is 3. The van der Waals surface area contributed by atoms with Gasteiger partial charge in [0.15, 0.2) is 6.23 Å². The standard InChI is InChI=1S/C11H11ClIN3O4/c12-9-6-4(13)1-16(10(6)15-3-14-9)11-8(19)7(18)5(2-17)20-11/h1,3,5,7-8,11,17-19H,2H2/t5-,7?,8?,11-/m1/s1. The van der Waals surface area contributed by atoms with Crippen LogP contribution in [0.15, 0.2) is 12.5 Å². The van der Waals surface area contributed by atoms with Crippen LogP contribution in [0.4, 0.5) is 0 Å². The monoisotopic (exact) mass is 411 g/mol. The van der Waals surface area contributed by atoms with Crippen LogP contribution in [-0.4, -0.2) is 54.8 Å². The SMILES string of the molecule is OC[C@H]1O[C@@H](n2cc(I)c3c(Cl)ncnc32)C(O)C1O. The smallest absolute Gasteiger partial charge is 0.164 e. The number of nitrogens with zero attached hydrogens (tertiary/aromatic N) is 3. The molecule has 3 heterocycles. The molecule has 1 aliphatic heterocycles. The summed E-state index contributed by atoms with van der Waals surface area (Å²) in [5.41, 5.74) is 0.504. The summed E-state index contributed by atoms with van der Waals surface area (Å²) in [6.07, 6.45) is -0.948. The molecule has 1 saturated heterocycles. The van der Waals surface area contributed by atoms with Crippen LogP contribution >= 0.6 is 34.2 Å². The molecular formula is C11H11ClIN3O4. The molecule has 1 fully saturated rings. The van der Waals surface area contributed by atoms with Gasteiger partial charge in [0.1, 0.15) is 35.4 Å². The quantitative estimate of drug-likeness (QED) is 0.485. The van der Waals surface area contributed by atoms with Crippen LogP contribution in [0, 0.1) is 3.57 Å². The fourth-order valence-electron chi connectivity index (χ4n) is 2.31. The topological polar surface area (TPSA) is 101 Å². The second-order valence-corrected chi connectivity index (χ2v) is 6.00. The zero-order chi connectivity index (χ0) is 14.4. The van der Waals surface area contributed by atoms with Gasteiger partial charge in [-0.3, -0.25) is 0 Å². The van der Waals surface area contributed by atoms with Gasteiger partial charge in [0.25, 0.3) is 0 Å². The van der Waals surface area contributed by atoms with E-state index in [0.29, 0.717) is 16.2 Å². The summed E-state index contributed by atoms with van der Waals surface area (Å²) in [6.45, 7) is -0.374. The third-order valence-electron chi connectivity index (χ3n) is 3.31. The Hall–Kier alpha value is -0.520. The van der Waals surface area contributed by atoms with Gasteiger partial charge in [-0.05, 0) is 22.6 Å². The summed E-state index contributed by atoms with van der Waals surface area (Å²) in [7, 11) is 0. The van der Waals surface area contributed by atoms with Crippen LogP contribution in [0.1, 0.15) is 6.23 Å². The summed E-state index contributed by atoms with van der Waals surface area (Å²) in [5, 5.41) is 30.0. The molecule has 0 aromatic carbocycles. The lowest BCUT2D eigenvalue weighted by Gasteiger charge is -2.17. The van der Waals surface area contributed by atoms with Crippen molar-refractivity contribution in [2.75, 3.05) is 6.61 Å². The number of rotatable bonds is 2. The molecule has 108 valence electrons. The predicted molar refractivity (Wildman–Crippen MR) is 78.3 cm³/mol. The molecule has 0 amide bonds. The molecule has 1 aliphatic rings. The van der Waals surface area contributed by atoms with Crippen molar-refractivity contribution < 1.29 is 20.1 Å². The van der Waals surface area contributed by atoms with Crippen molar-refractivity contribution in [3.05, 3.63) is 21.2 Å². The highest BCUT2D eigenvalue weighted by Gasteiger charge is 2.44. The molecule has 0 aliphatic carbocycles. The summed E-state index contributed by atoms with van der Waals surface area (Å²) in [6, 6.07) is 0. The van der Waals surface area contributed by atoms with Crippen LogP contribution in [-0.2, 0) is 4.74 Å². The van der Waals surface area contributed by atoms with E-state index in [2.05, 4.69) is 32.6 Å². The Morgan fingerprint density at radius 2 is 2.10 bits per heavy atom. The fourth-order valence-corrected chi connectivity index (χ4v) is 3.49. The molecule has 0 spiro atoms. The second kappa shape index (κ2) is 5.35. The first-order valence-corrected chi connectivity index (χ1v) is 7.29. The van der Waals surface area contributed by atoms with E-state index in [1.807, 2.05) is 0 Å². The first-order chi connectivity index (χ1) is 9.54. The Kier molecular flexibility index (Phi) is 3.86. The van der Waals surface area contributed by atoms with Gasteiger partial charge in [0.2, 0.25) is 0 Å². The van der Waals surface area contributed by atoms with Gasteiger partial charge in [-0.2, -0.15) is 0 Å². The molecular weight excluding hydrogens is 400 g/mol. The van der Waals surface area contributed by atoms with E-state index in [0.717, 1.165) is 3.57 Å². The van der Waals surface area contributed by atoms with Gasteiger partial charge < -0.3 is 24.6 Å². The predicted octanol–water partition coefficient (Wildman–Crippen LogP) is 0.301. The zero-order valence-electron chi connectivity index (χ0n) is 10.0. The van der Waals surface area contributed by atoms with E-state index >= 15 is 0 Å². The Labute approximate surface area is 132 Å². The molecule has 3 N–H and O–H groups in total. The molecule has 7 nitrogen and oxygen atoms in total. The van der Waals surface area contributed by atoms with Crippen molar-refractivity contribution in [1.29, 1.82) is 0 Å². The van der Waals surface area contributed by atoms with Gasteiger partial charge in [-0.15, -0.1) is 0 Å². The van der Waals surface area contributed by atoms with Gasteiger partial charge in [-0.25, -0.2) is 9.97 Å². The zero-order valence-corrected chi connectivity index (χ0v) is 12.9. The summed E-state index contributed by atoms with van der Waals surface area (Å²) < 4.78 is 7.89. The molecule has 2 aromatic heterocycles. The maximum atomic E-state index is 10.1. The molecule has 4 atom stereocenters. The summed E-state index contributed by atoms with van der Waals surface area (Å²) in [5.74, 6) is 0. The number of hydrogen-bond donors (Lipinski definition) is 3. The molecule has 2 unspecified atom stereocenters. The molecule has 0 saturated carbocycles. The molecule has 3 rings (SSSR count). The van der Waals surface area contributed by atoms with Gasteiger partial charge in [0.05, 0.1) is 12.0 Å². The third-order valence-corrected chi connectivity index (χ3v) is 4.41. The van der Waals surface area contributed by atoms with E-state index in [-0.39, 0.29) is 6.61 Å². The second-order valence-electron chi connectivity index (χ2n) is 4.48. The minimum atomic E-state index is -1.16. The van der Waals surface area contributed by atoms with Crippen LogP contribution in [0.3, 0.4) is 0 Å². The van der Waals surface area contributed by atoms with E-state index in [1.165, 1.54) is 6.33 Å². The first-order valence-electron chi connectivity index (χ1n) is 5.83. The van der Waals surface area contributed by atoms with Crippen molar-refractivity contribution in [3.8, 4) is 0 Å². The average Bonchev–Trinajstić information content (AvgIpc) is 2.90. The molecule has 0 bridgehead atoms. The van der Waals surface area contributed by atoms with Crippen LogP contribution in [0.25, 0.3) is 11.0 Å². The Morgan fingerprint density at radius 1 is 1.35 bits per heavy atom. The van der Waals surface area contributed by atoms with E-state index in [9.17, 15) is 10.2 Å². The van der Waals surface area contributed by atoms with E-state index in [4.69, 9.17) is 21.4 Å².